The first-order valence-electron chi connectivity index (χ1n) is 10.9. The molecule has 1 aromatic rings. The van der Waals surface area contributed by atoms with E-state index in [1.54, 1.807) is 23.8 Å². The molecule has 1 aromatic heterocycles. The molecule has 1 unspecified atom stereocenters. The first kappa shape index (κ1) is 23.2. The van der Waals surface area contributed by atoms with Crippen molar-refractivity contribution in [1.82, 2.24) is 14.7 Å². The summed E-state index contributed by atoms with van der Waals surface area (Å²) < 4.78 is 5.07. The van der Waals surface area contributed by atoms with E-state index >= 15 is 0 Å². The van der Waals surface area contributed by atoms with E-state index in [2.05, 4.69) is 0 Å². The molecule has 0 N–H and O–H groups in total. The Labute approximate surface area is 187 Å². The van der Waals surface area contributed by atoms with Crippen LogP contribution in [-0.4, -0.2) is 84.3 Å². The zero-order valence-electron chi connectivity index (χ0n) is 18.2. The Morgan fingerprint density at radius 2 is 1.87 bits per heavy atom. The lowest BCUT2D eigenvalue weighted by Gasteiger charge is -2.33. The van der Waals surface area contributed by atoms with Crippen LogP contribution >= 0.6 is 11.3 Å². The molecule has 1 atom stereocenters. The number of esters is 1. The Kier molecular flexibility index (Phi) is 8.06. The molecule has 0 aliphatic carbocycles. The fourth-order valence-corrected chi connectivity index (χ4v) is 4.94. The summed E-state index contributed by atoms with van der Waals surface area (Å²) >= 11 is 1.53. The van der Waals surface area contributed by atoms with Gasteiger partial charge in [-0.25, -0.2) is 0 Å². The largest absolute Gasteiger partial charge is 0.466 e. The Bertz CT molecular complexity index is 789. The molecular formula is C22H31N3O5S. The Morgan fingerprint density at radius 1 is 1.13 bits per heavy atom. The average Bonchev–Trinajstić information content (AvgIpc) is 3.45. The lowest BCUT2D eigenvalue weighted by atomic mass is 9.97. The molecule has 31 heavy (non-hydrogen) atoms. The van der Waals surface area contributed by atoms with Gasteiger partial charge < -0.3 is 19.4 Å². The summed E-state index contributed by atoms with van der Waals surface area (Å²) in [6.07, 6.45) is 2.87. The smallest absolute Gasteiger partial charge is 0.309 e. The van der Waals surface area contributed by atoms with Crippen molar-refractivity contribution in [2.75, 3.05) is 39.8 Å². The van der Waals surface area contributed by atoms with Gasteiger partial charge in [-0.1, -0.05) is 6.07 Å². The number of hydrogen-bond acceptors (Lipinski definition) is 6. The lowest BCUT2D eigenvalue weighted by Crippen LogP contribution is -2.50. The number of rotatable bonds is 7. The molecule has 8 nitrogen and oxygen atoms in total. The van der Waals surface area contributed by atoms with Gasteiger partial charge in [0.1, 0.15) is 6.04 Å². The maximum atomic E-state index is 13.0. The van der Waals surface area contributed by atoms with E-state index in [1.165, 1.54) is 16.2 Å². The quantitative estimate of drug-likeness (QED) is 0.590. The highest BCUT2D eigenvalue weighted by Crippen LogP contribution is 2.22. The van der Waals surface area contributed by atoms with Gasteiger partial charge in [0.05, 0.1) is 25.5 Å². The number of amides is 3. The molecule has 2 aliphatic heterocycles. The number of likely N-dealkylation sites (N-methyl/N-ethyl adjacent to an activating group) is 1. The van der Waals surface area contributed by atoms with Crippen LogP contribution in [0.1, 0.15) is 37.5 Å². The molecule has 0 radical (unpaired) electrons. The van der Waals surface area contributed by atoms with Gasteiger partial charge >= 0.3 is 5.97 Å². The van der Waals surface area contributed by atoms with Gasteiger partial charge in [0, 0.05) is 31.6 Å². The molecule has 2 aliphatic rings. The van der Waals surface area contributed by atoms with Gasteiger partial charge in [-0.2, -0.15) is 0 Å². The molecule has 170 valence electrons. The first-order chi connectivity index (χ1) is 14.9. The zero-order valence-corrected chi connectivity index (χ0v) is 19.1. The Morgan fingerprint density at radius 3 is 2.52 bits per heavy atom. The van der Waals surface area contributed by atoms with Crippen LogP contribution < -0.4 is 0 Å². The predicted octanol–water partition coefficient (Wildman–Crippen LogP) is 1.54. The highest BCUT2D eigenvalue weighted by atomic mass is 32.1. The Balaban J connectivity index is 1.49. The third-order valence-corrected chi connectivity index (χ3v) is 6.86. The van der Waals surface area contributed by atoms with Crippen molar-refractivity contribution in [1.29, 1.82) is 0 Å². The van der Waals surface area contributed by atoms with Gasteiger partial charge in [0.2, 0.25) is 17.7 Å². The number of nitrogens with zero attached hydrogens (tertiary/aromatic N) is 3. The topological polar surface area (TPSA) is 87.2 Å². The molecule has 0 bridgehead atoms. The summed E-state index contributed by atoms with van der Waals surface area (Å²) in [5.74, 6) is -0.723. The molecule has 0 saturated carbocycles. The minimum absolute atomic E-state index is 0.0215. The minimum Gasteiger partial charge on any atom is -0.466 e. The van der Waals surface area contributed by atoms with Gasteiger partial charge in [-0.05, 0) is 44.1 Å². The van der Waals surface area contributed by atoms with Crippen molar-refractivity contribution in [3.63, 3.8) is 0 Å². The van der Waals surface area contributed by atoms with Crippen LogP contribution in [0.25, 0.3) is 0 Å². The maximum Gasteiger partial charge on any atom is 0.309 e. The number of hydrogen-bond donors (Lipinski definition) is 0. The van der Waals surface area contributed by atoms with Gasteiger partial charge in [0.25, 0.3) is 0 Å². The van der Waals surface area contributed by atoms with E-state index in [-0.39, 0.29) is 36.2 Å². The second-order valence-corrected chi connectivity index (χ2v) is 9.13. The van der Waals surface area contributed by atoms with Crippen molar-refractivity contribution >= 4 is 35.0 Å². The molecule has 2 saturated heterocycles. The van der Waals surface area contributed by atoms with E-state index in [0.717, 1.165) is 11.3 Å². The summed E-state index contributed by atoms with van der Waals surface area (Å²) in [6.45, 7) is 3.66. The number of carbonyl (C=O) groups is 4. The van der Waals surface area contributed by atoms with Crippen molar-refractivity contribution in [3.8, 4) is 0 Å². The van der Waals surface area contributed by atoms with Crippen molar-refractivity contribution in [2.45, 2.75) is 45.1 Å². The molecule has 3 amide bonds. The van der Waals surface area contributed by atoms with Crippen LogP contribution in [0.3, 0.4) is 0 Å². The number of carbonyl (C=O) groups excluding carboxylic acids is 4. The lowest BCUT2D eigenvalue weighted by molar-refractivity contribution is -0.152. The van der Waals surface area contributed by atoms with Crippen LogP contribution in [0.5, 0.6) is 0 Å². The number of piperidine rings is 1. The average molecular weight is 450 g/mol. The second kappa shape index (κ2) is 10.7. The number of ether oxygens (including phenoxy) is 1. The second-order valence-electron chi connectivity index (χ2n) is 8.10. The van der Waals surface area contributed by atoms with Crippen LogP contribution in [-0.2, 0) is 30.3 Å². The fraction of sp³-hybridized carbons (Fsp3) is 0.636. The third kappa shape index (κ3) is 5.84. The van der Waals surface area contributed by atoms with Crippen LogP contribution in [0, 0.1) is 5.92 Å². The van der Waals surface area contributed by atoms with Gasteiger partial charge in [-0.3, -0.25) is 19.2 Å². The summed E-state index contributed by atoms with van der Waals surface area (Å²) in [6, 6.07) is 3.33. The normalized spacial score (nSPS) is 19.4. The highest BCUT2D eigenvalue weighted by Gasteiger charge is 2.36. The van der Waals surface area contributed by atoms with E-state index < -0.39 is 6.04 Å². The molecular weight excluding hydrogens is 418 g/mol. The summed E-state index contributed by atoms with van der Waals surface area (Å²) in [4.78, 5) is 56.0. The van der Waals surface area contributed by atoms with E-state index in [9.17, 15) is 19.2 Å². The van der Waals surface area contributed by atoms with E-state index in [1.807, 2.05) is 17.5 Å². The van der Waals surface area contributed by atoms with E-state index in [4.69, 9.17) is 4.74 Å². The molecule has 2 fully saturated rings. The summed E-state index contributed by atoms with van der Waals surface area (Å²) in [7, 11) is 1.62. The SMILES string of the molecule is CCOC(=O)C1CCN(C(=O)CN(C)C(=O)C2CCCN2C(=O)Cc2cccs2)CC1. The van der Waals surface area contributed by atoms with Crippen molar-refractivity contribution in [2.24, 2.45) is 5.92 Å². The number of likely N-dealkylation sites (tertiary alicyclic amines) is 2. The highest BCUT2D eigenvalue weighted by molar-refractivity contribution is 7.10. The summed E-state index contributed by atoms with van der Waals surface area (Å²) in [5.41, 5.74) is 0. The zero-order chi connectivity index (χ0) is 22.4. The van der Waals surface area contributed by atoms with E-state index in [0.29, 0.717) is 51.9 Å². The standard InChI is InChI=1S/C22H31N3O5S/c1-3-30-22(29)16-8-11-24(12-9-16)20(27)15-23(2)21(28)18-7-4-10-25(18)19(26)14-17-6-5-13-31-17/h5-6,13,16,18H,3-4,7-12,14-15H2,1-2H3. The first-order valence-corrected chi connectivity index (χ1v) is 11.8. The van der Waals surface area contributed by atoms with Crippen molar-refractivity contribution in [3.05, 3.63) is 22.4 Å². The molecule has 0 aromatic carbocycles. The van der Waals surface area contributed by atoms with Crippen molar-refractivity contribution < 1.29 is 23.9 Å². The number of thiophene rings is 1. The van der Waals surface area contributed by atoms with Gasteiger partial charge in [-0.15, -0.1) is 11.3 Å². The van der Waals surface area contributed by atoms with Crippen LogP contribution in [0.4, 0.5) is 0 Å². The molecule has 9 heteroatoms. The maximum absolute atomic E-state index is 13.0. The minimum atomic E-state index is -0.500. The van der Waals surface area contributed by atoms with Crippen LogP contribution in [0.2, 0.25) is 0 Å². The van der Waals surface area contributed by atoms with Gasteiger partial charge in [0.15, 0.2) is 0 Å². The third-order valence-electron chi connectivity index (χ3n) is 5.98. The van der Waals surface area contributed by atoms with Crippen LogP contribution in [0.15, 0.2) is 17.5 Å². The molecule has 3 rings (SSSR count). The molecule has 0 spiro atoms. The molecule has 3 heterocycles. The predicted molar refractivity (Wildman–Crippen MR) is 116 cm³/mol. The fourth-order valence-electron chi connectivity index (χ4n) is 4.25. The monoisotopic (exact) mass is 449 g/mol. The Hall–Kier alpha value is -2.42. The summed E-state index contributed by atoms with van der Waals surface area (Å²) in [5, 5.41) is 1.93.